The summed E-state index contributed by atoms with van der Waals surface area (Å²) in [6, 6.07) is 4.23. The molecule has 1 heterocycles. The van der Waals surface area contributed by atoms with E-state index in [0.717, 1.165) is 5.56 Å². The van der Waals surface area contributed by atoms with Crippen molar-refractivity contribution in [3.05, 3.63) is 33.8 Å². The third kappa shape index (κ3) is 3.80. The van der Waals surface area contributed by atoms with Gasteiger partial charge in [-0.1, -0.05) is 29.3 Å². The van der Waals surface area contributed by atoms with Crippen molar-refractivity contribution in [2.45, 2.75) is 6.42 Å². The number of hydrogen-bond donors (Lipinski definition) is 1. The highest BCUT2D eigenvalue weighted by atomic mass is 35.5. The fourth-order valence-corrected chi connectivity index (χ4v) is 2.52. The highest BCUT2D eigenvalue weighted by Crippen LogP contribution is 2.21. The topological polar surface area (TPSA) is 86.8 Å². The summed E-state index contributed by atoms with van der Waals surface area (Å²) in [5.74, 6) is -2.50. The molecule has 1 fully saturated rings. The Morgan fingerprint density at radius 2 is 1.87 bits per heavy atom. The minimum atomic E-state index is -1.01. The predicted octanol–water partition coefficient (Wildman–Crippen LogP) is 1.07. The predicted molar refractivity (Wildman–Crippen MR) is 83.1 cm³/mol. The molecule has 1 aliphatic heterocycles. The van der Waals surface area contributed by atoms with E-state index in [1.807, 2.05) is 0 Å². The number of benzene rings is 1. The second-order valence-electron chi connectivity index (χ2n) is 4.87. The Morgan fingerprint density at radius 1 is 1.17 bits per heavy atom. The Balaban J connectivity index is 1.85. The van der Waals surface area contributed by atoms with E-state index >= 15 is 0 Å². The number of nitrogens with zero attached hydrogens (tertiary/aromatic N) is 2. The molecular weight excluding hydrogens is 345 g/mol. The van der Waals surface area contributed by atoms with Crippen LogP contribution in [0, 0.1) is 0 Å². The summed E-state index contributed by atoms with van der Waals surface area (Å²) in [6.45, 7) is -0.234. The molecule has 0 radical (unpaired) electrons. The van der Waals surface area contributed by atoms with Gasteiger partial charge in [-0.2, -0.15) is 0 Å². The normalized spacial score (nSPS) is 14.7. The summed E-state index contributed by atoms with van der Waals surface area (Å²) in [5, 5.41) is 3.57. The number of carbonyl (C=O) groups is 4. The number of likely N-dealkylation sites (N-methyl/N-ethyl adjacent to an activating group) is 1. The molecule has 7 nitrogen and oxygen atoms in total. The summed E-state index contributed by atoms with van der Waals surface area (Å²) in [5.41, 5.74) is 0.805. The van der Waals surface area contributed by atoms with E-state index in [2.05, 4.69) is 5.32 Å². The van der Waals surface area contributed by atoms with Crippen molar-refractivity contribution in [1.29, 1.82) is 0 Å². The molecule has 0 saturated carbocycles. The molecule has 2 rings (SSSR count). The van der Waals surface area contributed by atoms with Gasteiger partial charge < -0.3 is 5.32 Å². The van der Waals surface area contributed by atoms with Crippen molar-refractivity contribution >= 4 is 47.0 Å². The van der Waals surface area contributed by atoms with Gasteiger partial charge in [-0.3, -0.25) is 19.3 Å². The monoisotopic (exact) mass is 357 g/mol. The minimum Gasteiger partial charge on any atom is -0.354 e. The van der Waals surface area contributed by atoms with Crippen molar-refractivity contribution in [3.8, 4) is 0 Å². The molecule has 1 aromatic carbocycles. The zero-order chi connectivity index (χ0) is 17.1. The number of amides is 5. The first-order chi connectivity index (χ1) is 10.8. The molecular formula is C14H13Cl2N3O4. The van der Waals surface area contributed by atoms with E-state index in [9.17, 15) is 19.2 Å². The smallest absolute Gasteiger partial charge is 0.334 e. The second-order valence-corrected chi connectivity index (χ2v) is 5.72. The molecule has 23 heavy (non-hydrogen) atoms. The van der Waals surface area contributed by atoms with Gasteiger partial charge in [-0.25, -0.2) is 9.69 Å². The van der Waals surface area contributed by atoms with Gasteiger partial charge in [0.1, 0.15) is 6.54 Å². The number of urea groups is 1. The van der Waals surface area contributed by atoms with Crippen LogP contribution in [0.3, 0.4) is 0 Å². The highest BCUT2D eigenvalue weighted by Gasteiger charge is 2.42. The zero-order valence-electron chi connectivity index (χ0n) is 12.1. The van der Waals surface area contributed by atoms with Gasteiger partial charge in [0.2, 0.25) is 5.91 Å². The Morgan fingerprint density at radius 3 is 2.43 bits per heavy atom. The van der Waals surface area contributed by atoms with Crippen molar-refractivity contribution in [2.24, 2.45) is 0 Å². The summed E-state index contributed by atoms with van der Waals surface area (Å²) >= 11 is 11.8. The molecule has 0 aromatic heterocycles. The molecule has 0 spiro atoms. The van der Waals surface area contributed by atoms with Gasteiger partial charge in [0.25, 0.3) is 0 Å². The van der Waals surface area contributed by atoms with Crippen molar-refractivity contribution in [3.63, 3.8) is 0 Å². The first-order valence-electron chi connectivity index (χ1n) is 6.65. The van der Waals surface area contributed by atoms with E-state index in [0.29, 0.717) is 26.3 Å². The first kappa shape index (κ1) is 17.2. The first-order valence-corrected chi connectivity index (χ1v) is 7.41. The van der Waals surface area contributed by atoms with Crippen molar-refractivity contribution in [2.75, 3.05) is 20.1 Å². The number of imide groups is 2. The van der Waals surface area contributed by atoms with Crippen LogP contribution in [0.15, 0.2) is 18.2 Å². The third-order valence-electron chi connectivity index (χ3n) is 3.28. The fraction of sp³-hybridized carbons (Fsp3) is 0.286. The maximum atomic E-state index is 11.8. The molecule has 1 saturated heterocycles. The lowest BCUT2D eigenvalue weighted by molar-refractivity contribution is -0.143. The summed E-state index contributed by atoms with van der Waals surface area (Å²) in [4.78, 5) is 47.6. The number of carbonyl (C=O) groups excluding carboxylic acids is 4. The molecule has 5 amide bonds. The molecule has 0 bridgehead atoms. The largest absolute Gasteiger partial charge is 0.354 e. The quantitative estimate of drug-likeness (QED) is 0.630. The van der Waals surface area contributed by atoms with E-state index in [1.54, 1.807) is 18.2 Å². The number of nitrogens with one attached hydrogen (secondary N) is 1. The van der Waals surface area contributed by atoms with Crippen LogP contribution in [0.25, 0.3) is 0 Å². The van der Waals surface area contributed by atoms with Crippen LogP contribution < -0.4 is 5.32 Å². The van der Waals surface area contributed by atoms with E-state index in [4.69, 9.17) is 23.2 Å². The Kier molecular flexibility index (Phi) is 5.23. The van der Waals surface area contributed by atoms with Crippen molar-refractivity contribution in [1.82, 2.24) is 15.1 Å². The standard InChI is InChI=1S/C14H13Cl2N3O4/c1-18-12(21)13(22)19(14(18)23)7-11(20)17-5-4-8-2-3-9(15)6-10(8)16/h2-3,6H,4-5,7H2,1H3,(H,17,20). The fourth-order valence-electron chi connectivity index (χ4n) is 2.01. The van der Waals surface area contributed by atoms with Crippen LogP contribution >= 0.6 is 23.2 Å². The van der Waals surface area contributed by atoms with Gasteiger partial charge in [0.15, 0.2) is 0 Å². The molecule has 1 aromatic rings. The molecule has 1 N–H and O–H groups in total. The lowest BCUT2D eigenvalue weighted by Crippen LogP contribution is -2.41. The van der Waals surface area contributed by atoms with E-state index in [1.165, 1.54) is 7.05 Å². The van der Waals surface area contributed by atoms with Crippen LogP contribution in [0.4, 0.5) is 4.79 Å². The molecule has 0 atom stereocenters. The number of rotatable bonds is 5. The van der Waals surface area contributed by atoms with Crippen LogP contribution in [0.5, 0.6) is 0 Å². The number of hydrogen-bond acceptors (Lipinski definition) is 4. The van der Waals surface area contributed by atoms with Gasteiger partial charge in [0, 0.05) is 23.6 Å². The Hall–Kier alpha value is -2.12. The van der Waals surface area contributed by atoms with E-state index in [-0.39, 0.29) is 6.54 Å². The summed E-state index contributed by atoms with van der Waals surface area (Å²) in [7, 11) is 1.18. The minimum absolute atomic E-state index is 0.264. The molecule has 1 aliphatic rings. The molecule has 0 aliphatic carbocycles. The van der Waals surface area contributed by atoms with Crippen LogP contribution in [0.1, 0.15) is 5.56 Å². The summed E-state index contributed by atoms with van der Waals surface area (Å²) in [6.07, 6.45) is 0.461. The number of halogens is 2. The van der Waals surface area contributed by atoms with Gasteiger partial charge in [0.05, 0.1) is 0 Å². The van der Waals surface area contributed by atoms with Crippen LogP contribution in [-0.4, -0.2) is 53.7 Å². The highest BCUT2D eigenvalue weighted by molar-refractivity contribution is 6.44. The maximum absolute atomic E-state index is 11.8. The van der Waals surface area contributed by atoms with Gasteiger partial charge >= 0.3 is 17.8 Å². The average molecular weight is 358 g/mol. The van der Waals surface area contributed by atoms with Gasteiger partial charge in [-0.05, 0) is 24.1 Å². The molecule has 122 valence electrons. The maximum Gasteiger partial charge on any atom is 0.334 e. The molecule has 0 unspecified atom stereocenters. The van der Waals surface area contributed by atoms with Crippen LogP contribution in [0.2, 0.25) is 10.0 Å². The Labute approximate surface area is 142 Å². The lowest BCUT2D eigenvalue weighted by Gasteiger charge is -2.13. The molecule has 9 heteroatoms. The van der Waals surface area contributed by atoms with Gasteiger partial charge in [-0.15, -0.1) is 0 Å². The summed E-state index contributed by atoms with van der Waals surface area (Å²) < 4.78 is 0. The average Bonchev–Trinajstić information content (AvgIpc) is 2.67. The third-order valence-corrected chi connectivity index (χ3v) is 3.87. The van der Waals surface area contributed by atoms with E-state index < -0.39 is 30.3 Å². The second kappa shape index (κ2) is 6.97. The Bertz CT molecular complexity index is 693. The van der Waals surface area contributed by atoms with Crippen molar-refractivity contribution < 1.29 is 19.2 Å². The SMILES string of the molecule is CN1C(=O)C(=O)N(CC(=O)NCCc2ccc(Cl)cc2Cl)C1=O. The van der Waals surface area contributed by atoms with Crippen LogP contribution in [-0.2, 0) is 20.8 Å². The zero-order valence-corrected chi connectivity index (χ0v) is 13.6. The lowest BCUT2D eigenvalue weighted by atomic mass is 10.1.